The molecule has 0 unspecified atom stereocenters. The predicted molar refractivity (Wildman–Crippen MR) is 81.4 cm³/mol. The van der Waals surface area contributed by atoms with Crippen molar-refractivity contribution < 1.29 is 41.9 Å². The van der Waals surface area contributed by atoms with Gasteiger partial charge in [-0.1, -0.05) is 12.5 Å². The molecule has 1 radical (unpaired) electrons. The molecule has 0 bridgehead atoms. The molecule has 2 N–H and O–H groups in total. The average Bonchev–Trinajstić information content (AvgIpc) is 2.90. The summed E-state index contributed by atoms with van der Waals surface area (Å²) in [5, 5.41) is 4.12. The molecule has 0 aliphatic rings. The third-order valence-corrected chi connectivity index (χ3v) is 3.35. The molecule has 0 saturated carbocycles. The molecular formula is C17H13FN3OY-. The monoisotopic (exact) mass is 383 g/mol. The number of aryl methyl sites for hydroxylation is 1. The van der Waals surface area contributed by atoms with Crippen molar-refractivity contribution in [1.29, 1.82) is 0 Å². The molecule has 113 valence electrons. The molecule has 2 aromatic carbocycles. The minimum atomic E-state index is -0.346. The number of nitrogen functional groups attached to an aromatic ring is 1. The molecule has 1 heterocycles. The van der Waals surface area contributed by atoms with Crippen LogP contribution in [0.25, 0.3) is 5.69 Å². The first-order chi connectivity index (χ1) is 10.6. The zero-order valence-electron chi connectivity index (χ0n) is 12.5. The van der Waals surface area contributed by atoms with Gasteiger partial charge in [-0.05, 0) is 24.3 Å². The van der Waals surface area contributed by atoms with E-state index in [1.165, 1.54) is 23.0 Å². The summed E-state index contributed by atoms with van der Waals surface area (Å²) in [5.74, 6) is -0.347. The molecule has 23 heavy (non-hydrogen) atoms. The smallest absolute Gasteiger partial charge is 0.144 e. The van der Waals surface area contributed by atoms with E-state index < -0.39 is 0 Å². The second-order valence-corrected chi connectivity index (χ2v) is 4.92. The molecule has 0 saturated heterocycles. The van der Waals surface area contributed by atoms with E-state index in [-0.39, 0.29) is 50.1 Å². The Morgan fingerprint density at radius 3 is 2.52 bits per heavy atom. The van der Waals surface area contributed by atoms with Crippen LogP contribution in [0.15, 0.2) is 48.7 Å². The SMILES string of the molecule is Cc1[c-]cc(C(=O)c2cnn(-c3ccc(F)cc3)c2N)cc1.[Y]. The molecule has 3 rings (SSSR count). The number of halogens is 1. The van der Waals surface area contributed by atoms with Gasteiger partial charge >= 0.3 is 0 Å². The largest absolute Gasteiger partial charge is 0.383 e. The average molecular weight is 383 g/mol. The van der Waals surface area contributed by atoms with Gasteiger partial charge in [0.25, 0.3) is 0 Å². The van der Waals surface area contributed by atoms with Crippen LogP contribution in [0.3, 0.4) is 0 Å². The van der Waals surface area contributed by atoms with E-state index in [2.05, 4.69) is 11.2 Å². The van der Waals surface area contributed by atoms with Crippen LogP contribution in [-0.2, 0) is 32.7 Å². The number of hydrogen-bond acceptors (Lipinski definition) is 3. The van der Waals surface area contributed by atoms with E-state index in [1.807, 2.05) is 13.0 Å². The number of rotatable bonds is 3. The van der Waals surface area contributed by atoms with Crippen LogP contribution < -0.4 is 5.73 Å². The van der Waals surface area contributed by atoms with Crippen LogP contribution in [0, 0.1) is 18.8 Å². The molecule has 0 amide bonds. The van der Waals surface area contributed by atoms with E-state index in [0.717, 1.165) is 5.56 Å². The van der Waals surface area contributed by atoms with Crippen molar-refractivity contribution in [2.75, 3.05) is 5.73 Å². The van der Waals surface area contributed by atoms with Crippen LogP contribution in [0.5, 0.6) is 0 Å². The molecule has 0 fully saturated rings. The third-order valence-electron chi connectivity index (χ3n) is 3.35. The van der Waals surface area contributed by atoms with Crippen LogP contribution in [0.2, 0.25) is 0 Å². The van der Waals surface area contributed by atoms with E-state index in [4.69, 9.17) is 5.73 Å². The Kier molecular flexibility index (Phi) is 5.44. The Labute approximate surface area is 158 Å². The summed E-state index contributed by atoms with van der Waals surface area (Å²) in [6.45, 7) is 1.90. The van der Waals surface area contributed by atoms with Gasteiger partial charge < -0.3 is 10.5 Å². The van der Waals surface area contributed by atoms with E-state index in [0.29, 0.717) is 16.8 Å². The first-order valence-corrected chi connectivity index (χ1v) is 6.69. The molecule has 0 atom stereocenters. The van der Waals surface area contributed by atoms with E-state index in [9.17, 15) is 9.18 Å². The molecule has 0 aliphatic heterocycles. The van der Waals surface area contributed by atoms with Crippen LogP contribution in [0.4, 0.5) is 10.2 Å². The van der Waals surface area contributed by atoms with Gasteiger partial charge in [-0.3, -0.25) is 0 Å². The summed E-state index contributed by atoms with van der Waals surface area (Å²) in [6, 6.07) is 13.9. The zero-order chi connectivity index (χ0) is 15.7. The van der Waals surface area contributed by atoms with Crippen LogP contribution in [0.1, 0.15) is 21.5 Å². The summed E-state index contributed by atoms with van der Waals surface area (Å²) < 4.78 is 14.4. The second kappa shape index (κ2) is 7.15. The molecule has 6 heteroatoms. The van der Waals surface area contributed by atoms with Gasteiger partial charge in [0.05, 0.1) is 17.4 Å². The van der Waals surface area contributed by atoms with E-state index >= 15 is 0 Å². The number of nitrogens with zero attached hydrogens (tertiary/aromatic N) is 2. The number of ketones is 1. The molecular weight excluding hydrogens is 370 g/mol. The maximum absolute atomic E-state index is 13.0. The standard InChI is InChI=1S/C17H13FN3O.Y/c1-11-2-4-12(5-3-11)16(22)15-10-20-21(17(15)19)14-8-6-13(18)7-9-14;/h2,4-10H,19H2,1H3;/q-1;. The summed E-state index contributed by atoms with van der Waals surface area (Å²) in [6.07, 6.45) is 1.42. The van der Waals surface area contributed by atoms with Crippen LogP contribution >= 0.6 is 0 Å². The van der Waals surface area contributed by atoms with Crippen molar-refractivity contribution in [1.82, 2.24) is 9.78 Å². The maximum Gasteiger partial charge on any atom is 0.144 e. The Morgan fingerprint density at radius 1 is 1.22 bits per heavy atom. The maximum atomic E-state index is 13.0. The number of nitrogens with two attached hydrogens (primary N) is 1. The van der Waals surface area contributed by atoms with Gasteiger partial charge in [0, 0.05) is 32.7 Å². The fourth-order valence-electron chi connectivity index (χ4n) is 2.12. The van der Waals surface area contributed by atoms with Gasteiger partial charge in [-0.2, -0.15) is 34.9 Å². The van der Waals surface area contributed by atoms with Crippen molar-refractivity contribution in [3.63, 3.8) is 0 Å². The molecule has 0 aliphatic carbocycles. The number of benzene rings is 2. The number of aromatic nitrogens is 2. The van der Waals surface area contributed by atoms with Crippen molar-refractivity contribution in [3.05, 3.63) is 77.2 Å². The van der Waals surface area contributed by atoms with Gasteiger partial charge in [-0.25, -0.2) is 9.07 Å². The van der Waals surface area contributed by atoms with E-state index in [1.54, 1.807) is 24.3 Å². The molecule has 3 aromatic rings. The van der Waals surface area contributed by atoms with Gasteiger partial charge in [0.2, 0.25) is 0 Å². The summed E-state index contributed by atoms with van der Waals surface area (Å²) in [7, 11) is 0. The molecule has 1 aromatic heterocycles. The number of carbonyl (C=O) groups is 1. The normalized spacial score (nSPS) is 10.2. The van der Waals surface area contributed by atoms with Crippen molar-refractivity contribution in [2.45, 2.75) is 6.92 Å². The number of hydrogen-bond donors (Lipinski definition) is 1. The van der Waals surface area contributed by atoms with Crippen molar-refractivity contribution >= 4 is 11.6 Å². The fraction of sp³-hybridized carbons (Fsp3) is 0.0588. The number of carbonyl (C=O) groups excluding carboxylic acids is 1. The fourth-order valence-corrected chi connectivity index (χ4v) is 2.12. The quantitative estimate of drug-likeness (QED) is 0.559. The molecule has 0 spiro atoms. The topological polar surface area (TPSA) is 60.9 Å². The molecule has 4 nitrogen and oxygen atoms in total. The Hall–Kier alpha value is -1.85. The summed E-state index contributed by atoms with van der Waals surface area (Å²) in [4.78, 5) is 12.5. The van der Waals surface area contributed by atoms with Gasteiger partial charge in [0.1, 0.15) is 17.4 Å². The Bertz CT molecular complexity index is 826. The first-order valence-electron chi connectivity index (χ1n) is 6.69. The second-order valence-electron chi connectivity index (χ2n) is 4.92. The van der Waals surface area contributed by atoms with Crippen molar-refractivity contribution in [2.24, 2.45) is 0 Å². The third kappa shape index (κ3) is 3.57. The Balaban J connectivity index is 0.00000192. The minimum absolute atomic E-state index is 0. The predicted octanol–water partition coefficient (Wildman–Crippen LogP) is 2.93. The summed E-state index contributed by atoms with van der Waals surface area (Å²) in [5.41, 5.74) is 8.36. The van der Waals surface area contributed by atoms with Crippen molar-refractivity contribution in [3.8, 4) is 5.69 Å². The zero-order valence-corrected chi connectivity index (χ0v) is 15.3. The van der Waals surface area contributed by atoms with Gasteiger partial charge in [-0.15, -0.1) is 0 Å². The number of anilines is 1. The van der Waals surface area contributed by atoms with Gasteiger partial charge in [0.15, 0.2) is 0 Å². The minimum Gasteiger partial charge on any atom is -0.383 e. The Morgan fingerprint density at radius 2 is 1.91 bits per heavy atom. The first kappa shape index (κ1) is 17.5. The van der Waals surface area contributed by atoms with Crippen LogP contribution in [-0.4, -0.2) is 15.6 Å². The summed E-state index contributed by atoms with van der Waals surface area (Å²) >= 11 is 0.